The van der Waals surface area contributed by atoms with Crippen LogP contribution in [0.15, 0.2) is 18.2 Å². The third kappa shape index (κ3) is 3.51. The van der Waals surface area contributed by atoms with Crippen molar-refractivity contribution in [2.24, 2.45) is 5.73 Å². The van der Waals surface area contributed by atoms with E-state index in [1.54, 1.807) is 6.92 Å². The van der Waals surface area contributed by atoms with Crippen molar-refractivity contribution in [3.63, 3.8) is 0 Å². The lowest BCUT2D eigenvalue weighted by molar-refractivity contribution is -0.139. The van der Waals surface area contributed by atoms with E-state index in [9.17, 15) is 13.2 Å². The highest BCUT2D eigenvalue weighted by molar-refractivity contribution is 5.85. The van der Waals surface area contributed by atoms with Gasteiger partial charge < -0.3 is 10.5 Å². The summed E-state index contributed by atoms with van der Waals surface area (Å²) in [5.74, 6) is -0.186. The molecule has 0 saturated carbocycles. The molecule has 1 unspecified atom stereocenters. The molecule has 1 aromatic rings. The number of alkyl halides is 3. The molecule has 0 amide bonds. The fourth-order valence-corrected chi connectivity index (χ4v) is 1.55. The molecule has 6 heteroatoms. The van der Waals surface area contributed by atoms with E-state index in [0.717, 1.165) is 0 Å². The molecule has 98 valence electrons. The molecule has 2 nitrogen and oxygen atoms in total. The number of halogens is 4. The highest BCUT2D eigenvalue weighted by atomic mass is 35.5. The fraction of sp³-hybridized carbons (Fsp3) is 0.455. The standard InChI is InChI=1S/C11H14F3NO.ClH/c1-3-8(15)7-5-4-6-9(16-2)10(7)11(12,13)14;/h4-6,8H,3,15H2,1-2H3;1H. The molecule has 1 atom stereocenters. The van der Waals surface area contributed by atoms with E-state index in [4.69, 9.17) is 10.5 Å². The zero-order valence-corrected chi connectivity index (χ0v) is 10.4. The Bertz CT molecular complexity index is 368. The maximum absolute atomic E-state index is 12.9. The first kappa shape index (κ1) is 16.1. The van der Waals surface area contributed by atoms with Gasteiger partial charge in [-0.05, 0) is 18.1 Å². The molecule has 0 aliphatic carbocycles. The van der Waals surface area contributed by atoms with Gasteiger partial charge in [0.15, 0.2) is 0 Å². The summed E-state index contributed by atoms with van der Waals surface area (Å²) in [7, 11) is 1.21. The van der Waals surface area contributed by atoms with Crippen LogP contribution < -0.4 is 10.5 Å². The lowest BCUT2D eigenvalue weighted by Crippen LogP contribution is -2.18. The van der Waals surface area contributed by atoms with Crippen molar-refractivity contribution in [3.05, 3.63) is 29.3 Å². The summed E-state index contributed by atoms with van der Waals surface area (Å²) in [6.07, 6.45) is -4.01. The van der Waals surface area contributed by atoms with Crippen molar-refractivity contribution >= 4 is 12.4 Å². The quantitative estimate of drug-likeness (QED) is 0.911. The van der Waals surface area contributed by atoms with E-state index in [0.29, 0.717) is 6.42 Å². The molecule has 0 spiro atoms. The molecular formula is C11H15ClF3NO. The maximum Gasteiger partial charge on any atom is 0.420 e. The Balaban J connectivity index is 0.00000256. The SMILES string of the molecule is CCC(N)c1cccc(OC)c1C(F)(F)F.Cl. The van der Waals surface area contributed by atoms with Gasteiger partial charge in [-0.15, -0.1) is 12.4 Å². The normalized spacial score (nSPS) is 12.8. The van der Waals surface area contributed by atoms with Gasteiger partial charge in [0.1, 0.15) is 11.3 Å². The summed E-state index contributed by atoms with van der Waals surface area (Å²) in [6.45, 7) is 1.74. The second-order valence-electron chi connectivity index (χ2n) is 3.44. The number of hydrogen-bond donors (Lipinski definition) is 1. The molecule has 1 aromatic carbocycles. The van der Waals surface area contributed by atoms with Gasteiger partial charge in [-0.1, -0.05) is 19.1 Å². The van der Waals surface area contributed by atoms with Crippen molar-refractivity contribution in [2.75, 3.05) is 7.11 Å². The van der Waals surface area contributed by atoms with E-state index in [1.165, 1.54) is 25.3 Å². The fourth-order valence-electron chi connectivity index (χ4n) is 1.55. The van der Waals surface area contributed by atoms with Crippen molar-refractivity contribution in [1.82, 2.24) is 0 Å². The first-order valence-electron chi connectivity index (χ1n) is 4.91. The Kier molecular flexibility index (Phi) is 5.78. The number of benzene rings is 1. The largest absolute Gasteiger partial charge is 0.496 e. The van der Waals surface area contributed by atoms with Crippen LogP contribution in [0.25, 0.3) is 0 Å². The van der Waals surface area contributed by atoms with Crippen LogP contribution in [-0.4, -0.2) is 7.11 Å². The minimum absolute atomic E-state index is 0. The zero-order valence-electron chi connectivity index (χ0n) is 9.54. The summed E-state index contributed by atoms with van der Waals surface area (Å²) in [5.41, 5.74) is 4.97. The van der Waals surface area contributed by atoms with Crippen LogP contribution in [0.4, 0.5) is 13.2 Å². The Morgan fingerprint density at radius 2 is 1.94 bits per heavy atom. The van der Waals surface area contributed by atoms with Gasteiger partial charge in [0.2, 0.25) is 0 Å². The van der Waals surface area contributed by atoms with Crippen LogP contribution in [0, 0.1) is 0 Å². The van der Waals surface area contributed by atoms with Crippen LogP contribution >= 0.6 is 12.4 Å². The molecular weight excluding hydrogens is 255 g/mol. The number of nitrogens with two attached hydrogens (primary N) is 1. The Morgan fingerprint density at radius 3 is 2.35 bits per heavy atom. The monoisotopic (exact) mass is 269 g/mol. The van der Waals surface area contributed by atoms with Crippen LogP contribution in [0.3, 0.4) is 0 Å². The van der Waals surface area contributed by atoms with Crippen molar-refractivity contribution in [3.8, 4) is 5.75 Å². The lowest BCUT2D eigenvalue weighted by Gasteiger charge is -2.19. The summed E-state index contributed by atoms with van der Waals surface area (Å²) < 4.78 is 43.3. The summed E-state index contributed by atoms with van der Waals surface area (Å²) >= 11 is 0. The molecule has 0 saturated heterocycles. The van der Waals surface area contributed by atoms with Gasteiger partial charge in [-0.3, -0.25) is 0 Å². The molecule has 0 fully saturated rings. The Morgan fingerprint density at radius 1 is 1.35 bits per heavy atom. The van der Waals surface area contributed by atoms with Crippen LogP contribution in [0.5, 0.6) is 5.75 Å². The van der Waals surface area contributed by atoms with Crippen LogP contribution in [0.1, 0.15) is 30.5 Å². The first-order valence-corrected chi connectivity index (χ1v) is 4.91. The van der Waals surface area contributed by atoms with Gasteiger partial charge in [0, 0.05) is 6.04 Å². The number of ether oxygens (including phenoxy) is 1. The predicted molar refractivity (Wildman–Crippen MR) is 62.5 cm³/mol. The first-order chi connectivity index (χ1) is 7.41. The summed E-state index contributed by atoms with van der Waals surface area (Å²) in [6, 6.07) is 3.55. The van der Waals surface area contributed by atoms with Gasteiger partial charge >= 0.3 is 6.18 Å². The predicted octanol–water partition coefficient (Wildman–Crippen LogP) is 3.55. The number of methoxy groups -OCH3 is 1. The third-order valence-corrected chi connectivity index (χ3v) is 2.40. The molecule has 1 rings (SSSR count). The minimum Gasteiger partial charge on any atom is -0.496 e. The van der Waals surface area contributed by atoms with Gasteiger partial charge in [-0.2, -0.15) is 13.2 Å². The average molecular weight is 270 g/mol. The maximum atomic E-state index is 12.9. The van der Waals surface area contributed by atoms with Crippen LogP contribution in [0.2, 0.25) is 0 Å². The van der Waals surface area contributed by atoms with Crippen molar-refractivity contribution < 1.29 is 17.9 Å². The molecule has 0 radical (unpaired) electrons. The van der Waals surface area contributed by atoms with Gasteiger partial charge in [-0.25, -0.2) is 0 Å². The average Bonchev–Trinajstić information content (AvgIpc) is 2.25. The van der Waals surface area contributed by atoms with E-state index in [1.807, 2.05) is 0 Å². The molecule has 0 aliphatic heterocycles. The topological polar surface area (TPSA) is 35.2 Å². The van der Waals surface area contributed by atoms with Gasteiger partial charge in [0.25, 0.3) is 0 Å². The van der Waals surface area contributed by atoms with E-state index >= 15 is 0 Å². The van der Waals surface area contributed by atoms with Crippen molar-refractivity contribution in [2.45, 2.75) is 25.6 Å². The molecule has 0 bridgehead atoms. The van der Waals surface area contributed by atoms with Crippen molar-refractivity contribution in [1.29, 1.82) is 0 Å². The molecule has 17 heavy (non-hydrogen) atoms. The van der Waals surface area contributed by atoms with E-state index in [2.05, 4.69) is 0 Å². The summed E-state index contributed by atoms with van der Waals surface area (Å²) in [4.78, 5) is 0. The van der Waals surface area contributed by atoms with Crippen LogP contribution in [-0.2, 0) is 6.18 Å². The molecule has 0 aliphatic rings. The zero-order chi connectivity index (χ0) is 12.3. The molecule has 2 N–H and O–H groups in total. The number of hydrogen-bond acceptors (Lipinski definition) is 2. The number of rotatable bonds is 3. The van der Waals surface area contributed by atoms with E-state index in [-0.39, 0.29) is 23.7 Å². The minimum atomic E-state index is -4.45. The second kappa shape index (κ2) is 6.12. The highest BCUT2D eigenvalue weighted by Crippen LogP contribution is 2.40. The lowest BCUT2D eigenvalue weighted by atomic mass is 9.98. The Hall–Kier alpha value is -0.940. The Labute approximate surface area is 104 Å². The molecule has 0 heterocycles. The highest BCUT2D eigenvalue weighted by Gasteiger charge is 2.37. The third-order valence-electron chi connectivity index (χ3n) is 2.40. The second-order valence-corrected chi connectivity index (χ2v) is 3.44. The molecule has 0 aromatic heterocycles. The smallest absolute Gasteiger partial charge is 0.420 e. The van der Waals surface area contributed by atoms with Gasteiger partial charge in [0.05, 0.1) is 7.11 Å². The van der Waals surface area contributed by atoms with E-state index < -0.39 is 17.8 Å². The summed E-state index contributed by atoms with van der Waals surface area (Å²) in [5, 5.41) is 0.